The summed E-state index contributed by atoms with van der Waals surface area (Å²) in [6.07, 6.45) is 0. The van der Waals surface area contributed by atoms with Gasteiger partial charge in [0.25, 0.3) is 11.6 Å². The first-order valence-electron chi connectivity index (χ1n) is 10.0. The third-order valence-electron chi connectivity index (χ3n) is 4.81. The zero-order valence-electron chi connectivity index (χ0n) is 18.1. The summed E-state index contributed by atoms with van der Waals surface area (Å²) in [5.74, 6) is 1.51. The van der Waals surface area contributed by atoms with Crippen molar-refractivity contribution in [3.05, 3.63) is 87.5 Å². The summed E-state index contributed by atoms with van der Waals surface area (Å²) >= 11 is 0. The summed E-state index contributed by atoms with van der Waals surface area (Å²) < 4.78 is 16.8. The number of nitrogens with zero attached hydrogens (tertiary/aromatic N) is 1. The van der Waals surface area contributed by atoms with Crippen molar-refractivity contribution in [2.45, 2.75) is 20.5 Å². The maximum atomic E-state index is 12.8. The van der Waals surface area contributed by atoms with E-state index in [4.69, 9.17) is 14.2 Å². The van der Waals surface area contributed by atoms with Crippen LogP contribution in [0, 0.1) is 17.0 Å². The van der Waals surface area contributed by atoms with Crippen LogP contribution in [0.25, 0.3) is 0 Å². The molecule has 1 amide bonds. The Kier molecular flexibility index (Phi) is 7.28. The van der Waals surface area contributed by atoms with E-state index >= 15 is 0 Å². The van der Waals surface area contributed by atoms with Crippen LogP contribution in [0.15, 0.2) is 60.7 Å². The summed E-state index contributed by atoms with van der Waals surface area (Å²) in [5, 5.41) is 13.9. The predicted octanol–water partition coefficient (Wildman–Crippen LogP) is 5.14. The molecule has 3 rings (SSSR count). The van der Waals surface area contributed by atoms with Crippen LogP contribution in [-0.2, 0) is 6.61 Å². The molecule has 0 aliphatic rings. The van der Waals surface area contributed by atoms with Crippen molar-refractivity contribution >= 4 is 17.3 Å². The van der Waals surface area contributed by atoms with Gasteiger partial charge in [-0.15, -0.1) is 0 Å². The lowest BCUT2D eigenvalue weighted by Crippen LogP contribution is -2.14. The molecule has 0 aliphatic heterocycles. The molecule has 0 aliphatic carbocycles. The van der Waals surface area contributed by atoms with Gasteiger partial charge in [-0.1, -0.05) is 12.1 Å². The number of methoxy groups -OCH3 is 1. The van der Waals surface area contributed by atoms with E-state index in [0.717, 1.165) is 0 Å². The van der Waals surface area contributed by atoms with Crippen molar-refractivity contribution in [2.75, 3.05) is 19.0 Å². The van der Waals surface area contributed by atoms with Crippen LogP contribution in [-0.4, -0.2) is 24.5 Å². The number of nitrogens with one attached hydrogen (secondary N) is 1. The molecule has 3 aromatic rings. The molecule has 0 unspecified atom stereocenters. The molecular weight excluding hydrogens is 412 g/mol. The van der Waals surface area contributed by atoms with Gasteiger partial charge in [-0.05, 0) is 50.2 Å². The quantitative estimate of drug-likeness (QED) is 0.368. The number of amides is 1. The van der Waals surface area contributed by atoms with Crippen LogP contribution in [0.5, 0.6) is 17.2 Å². The highest BCUT2D eigenvalue weighted by molar-refractivity contribution is 6.05. The topological polar surface area (TPSA) is 99.9 Å². The van der Waals surface area contributed by atoms with Crippen LogP contribution in [0.4, 0.5) is 11.4 Å². The fourth-order valence-corrected chi connectivity index (χ4v) is 3.13. The Bertz CT molecular complexity index is 1130. The van der Waals surface area contributed by atoms with Crippen molar-refractivity contribution in [1.82, 2.24) is 0 Å². The molecule has 8 nitrogen and oxygen atoms in total. The van der Waals surface area contributed by atoms with Crippen molar-refractivity contribution in [2.24, 2.45) is 0 Å². The summed E-state index contributed by atoms with van der Waals surface area (Å²) in [6.45, 7) is 4.11. The van der Waals surface area contributed by atoms with Gasteiger partial charge in [0.1, 0.15) is 23.9 Å². The van der Waals surface area contributed by atoms with Gasteiger partial charge in [0.05, 0.1) is 29.9 Å². The SMILES string of the molecule is CCOc1ccc(C(=O)Nc2cccc([N+](=O)[O-])c2C)cc1COc1cccc(OC)c1. The fourth-order valence-electron chi connectivity index (χ4n) is 3.13. The highest BCUT2D eigenvalue weighted by atomic mass is 16.6. The molecule has 0 heterocycles. The van der Waals surface area contributed by atoms with Gasteiger partial charge in [0, 0.05) is 23.3 Å². The molecule has 0 aromatic heterocycles. The van der Waals surface area contributed by atoms with Crippen molar-refractivity contribution in [3.63, 3.8) is 0 Å². The molecule has 1 N–H and O–H groups in total. The molecular formula is C24H24N2O6. The number of hydrogen-bond donors (Lipinski definition) is 1. The number of rotatable bonds is 9. The largest absolute Gasteiger partial charge is 0.497 e. The summed E-state index contributed by atoms with van der Waals surface area (Å²) in [5.41, 5.74) is 1.79. The second kappa shape index (κ2) is 10.3. The number of nitro benzene ring substituents is 1. The standard InChI is InChI=1S/C24H24N2O6/c1-4-31-23-12-11-17(13-18(23)15-32-20-8-5-7-19(14-20)30-3)24(27)25-21-9-6-10-22(16(21)2)26(28)29/h5-14H,4,15H2,1-3H3,(H,25,27). The van der Waals surface area contributed by atoms with E-state index in [1.54, 1.807) is 44.4 Å². The van der Waals surface area contributed by atoms with E-state index in [2.05, 4.69) is 5.32 Å². The molecule has 0 radical (unpaired) electrons. The maximum absolute atomic E-state index is 12.8. The zero-order valence-corrected chi connectivity index (χ0v) is 18.1. The van der Waals surface area contributed by atoms with Gasteiger partial charge in [-0.3, -0.25) is 14.9 Å². The van der Waals surface area contributed by atoms with Crippen LogP contribution in [0.1, 0.15) is 28.4 Å². The molecule has 0 bridgehead atoms. The Morgan fingerprint density at radius 2 is 1.78 bits per heavy atom. The summed E-state index contributed by atoms with van der Waals surface area (Å²) in [4.78, 5) is 23.5. The van der Waals surface area contributed by atoms with Crippen molar-refractivity contribution in [3.8, 4) is 17.2 Å². The van der Waals surface area contributed by atoms with Gasteiger partial charge in [0.2, 0.25) is 0 Å². The third kappa shape index (κ3) is 5.34. The second-order valence-electron chi connectivity index (χ2n) is 6.88. The monoisotopic (exact) mass is 436 g/mol. The van der Waals surface area contributed by atoms with Gasteiger partial charge >= 0.3 is 0 Å². The van der Waals surface area contributed by atoms with E-state index in [-0.39, 0.29) is 18.2 Å². The first-order chi connectivity index (χ1) is 15.4. The van der Waals surface area contributed by atoms with Crippen molar-refractivity contribution in [1.29, 1.82) is 0 Å². The van der Waals surface area contributed by atoms with Crippen LogP contribution < -0.4 is 19.5 Å². The van der Waals surface area contributed by atoms with E-state index in [1.165, 1.54) is 12.1 Å². The number of carbonyl (C=O) groups excluding carboxylic acids is 1. The Labute approximate surface area is 185 Å². The second-order valence-corrected chi connectivity index (χ2v) is 6.88. The molecule has 8 heteroatoms. The minimum atomic E-state index is -0.476. The number of carbonyl (C=O) groups is 1. The molecule has 0 saturated heterocycles. The van der Waals surface area contributed by atoms with E-state index < -0.39 is 4.92 Å². The Balaban J connectivity index is 1.82. The first-order valence-corrected chi connectivity index (χ1v) is 10.0. The molecule has 3 aromatic carbocycles. The average Bonchev–Trinajstić information content (AvgIpc) is 2.79. The Morgan fingerprint density at radius 3 is 2.50 bits per heavy atom. The number of hydrogen-bond acceptors (Lipinski definition) is 6. The number of anilines is 1. The first kappa shape index (κ1) is 22.6. The molecule has 0 spiro atoms. The van der Waals surface area contributed by atoms with Crippen LogP contribution >= 0.6 is 0 Å². The minimum absolute atomic E-state index is 0.0538. The molecule has 0 atom stereocenters. The number of benzene rings is 3. The molecule has 0 saturated carbocycles. The maximum Gasteiger partial charge on any atom is 0.274 e. The lowest BCUT2D eigenvalue weighted by Gasteiger charge is -2.14. The smallest absolute Gasteiger partial charge is 0.274 e. The fraction of sp³-hybridized carbons (Fsp3) is 0.208. The normalized spacial score (nSPS) is 10.3. The lowest BCUT2D eigenvalue weighted by atomic mass is 10.1. The van der Waals surface area contributed by atoms with Crippen LogP contribution in [0.3, 0.4) is 0 Å². The Hall–Kier alpha value is -4.07. The molecule has 32 heavy (non-hydrogen) atoms. The van der Waals surface area contributed by atoms with E-state index in [9.17, 15) is 14.9 Å². The summed E-state index contributed by atoms with van der Waals surface area (Å²) in [6, 6.07) is 16.8. The average molecular weight is 436 g/mol. The number of nitro groups is 1. The van der Waals surface area contributed by atoms with E-state index in [1.807, 2.05) is 25.1 Å². The molecule has 166 valence electrons. The zero-order chi connectivity index (χ0) is 23.1. The van der Waals surface area contributed by atoms with Gasteiger partial charge in [-0.2, -0.15) is 0 Å². The minimum Gasteiger partial charge on any atom is -0.497 e. The number of ether oxygens (including phenoxy) is 3. The van der Waals surface area contributed by atoms with E-state index in [0.29, 0.717) is 46.2 Å². The Morgan fingerprint density at radius 1 is 1.03 bits per heavy atom. The predicted molar refractivity (Wildman–Crippen MR) is 121 cm³/mol. The van der Waals surface area contributed by atoms with Crippen molar-refractivity contribution < 1.29 is 23.9 Å². The molecule has 0 fully saturated rings. The summed E-state index contributed by atoms with van der Waals surface area (Å²) in [7, 11) is 1.58. The highest BCUT2D eigenvalue weighted by Crippen LogP contribution is 2.27. The third-order valence-corrected chi connectivity index (χ3v) is 4.81. The van der Waals surface area contributed by atoms with Crippen LogP contribution in [0.2, 0.25) is 0 Å². The van der Waals surface area contributed by atoms with Gasteiger partial charge in [-0.25, -0.2) is 0 Å². The lowest BCUT2D eigenvalue weighted by molar-refractivity contribution is -0.385. The highest BCUT2D eigenvalue weighted by Gasteiger charge is 2.17. The van der Waals surface area contributed by atoms with Gasteiger partial charge in [0.15, 0.2) is 0 Å². The van der Waals surface area contributed by atoms with Gasteiger partial charge < -0.3 is 19.5 Å².